The van der Waals surface area contributed by atoms with Gasteiger partial charge in [-0.25, -0.2) is 0 Å². The smallest absolute Gasteiger partial charge is 0.251 e. The summed E-state index contributed by atoms with van der Waals surface area (Å²) in [7, 11) is 2.36. The van der Waals surface area contributed by atoms with Crippen LogP contribution in [0.2, 0.25) is 5.02 Å². The number of halogens is 1. The van der Waals surface area contributed by atoms with Crippen LogP contribution in [-0.2, 0) is 6.42 Å². The van der Waals surface area contributed by atoms with Gasteiger partial charge >= 0.3 is 0 Å². The summed E-state index contributed by atoms with van der Waals surface area (Å²) in [5.74, 6) is -0.0108. The fourth-order valence-corrected chi connectivity index (χ4v) is 6.34. The molecule has 2 atom stereocenters. The van der Waals surface area contributed by atoms with Crippen molar-refractivity contribution in [2.45, 2.75) is 50.3 Å². The molecule has 1 amide bonds. The number of nitrogens with zero attached hydrogens (tertiary/aromatic N) is 1. The van der Waals surface area contributed by atoms with Crippen LogP contribution < -0.4 is 9.62 Å². The van der Waals surface area contributed by atoms with Gasteiger partial charge in [-0.15, -0.1) is 0 Å². The van der Waals surface area contributed by atoms with Gasteiger partial charge in [0.1, 0.15) is 0 Å². The van der Waals surface area contributed by atoms with Crippen LogP contribution in [-0.4, -0.2) is 23.6 Å². The fourth-order valence-electron chi connectivity index (χ4n) is 3.87. The van der Waals surface area contributed by atoms with E-state index >= 15 is 0 Å². The Balaban J connectivity index is 1.44. The molecule has 148 valence electrons. The van der Waals surface area contributed by atoms with Gasteiger partial charge in [0.15, 0.2) is 0 Å². The maximum atomic E-state index is 12.8. The van der Waals surface area contributed by atoms with Crippen molar-refractivity contribution in [3.8, 4) is 0 Å². The number of anilines is 1. The number of carbonyl (C=O) groups excluding carboxylic acids is 1. The quantitative estimate of drug-likeness (QED) is 0.610. The molecular weight excluding hydrogens is 388 g/mol. The number of fused-ring (bicyclic) bond motifs is 1. The first-order valence-corrected chi connectivity index (χ1v) is 11.7. The van der Waals surface area contributed by atoms with Gasteiger partial charge in [0.25, 0.3) is 5.91 Å². The first-order chi connectivity index (χ1) is 13.6. The Morgan fingerprint density at radius 1 is 1.21 bits per heavy atom. The lowest BCUT2D eigenvalue weighted by Crippen LogP contribution is -2.27. The second-order valence-corrected chi connectivity index (χ2v) is 10.3. The molecule has 4 rings (SSSR count). The van der Waals surface area contributed by atoms with E-state index in [1.54, 1.807) is 0 Å². The lowest BCUT2D eigenvalue weighted by molar-refractivity contribution is 0.0937. The average Bonchev–Trinajstić information content (AvgIpc) is 3.47. The number of hydrogen-bond donors (Lipinski definition) is 1. The zero-order chi connectivity index (χ0) is 19.7. The molecule has 2 aliphatic carbocycles. The van der Waals surface area contributed by atoms with Gasteiger partial charge in [0.05, 0.1) is 6.04 Å². The van der Waals surface area contributed by atoms with Crippen molar-refractivity contribution in [2.75, 3.05) is 11.4 Å². The fraction of sp³-hybridized carbons (Fsp3) is 0.391. The van der Waals surface area contributed by atoms with E-state index in [-0.39, 0.29) is 22.6 Å². The Labute approximate surface area is 175 Å². The lowest BCUT2D eigenvalue weighted by Gasteiger charge is -2.24. The van der Waals surface area contributed by atoms with E-state index in [0.717, 1.165) is 29.5 Å². The molecule has 0 aromatic heterocycles. The Bertz CT molecular complexity index is 905. The minimum Gasteiger partial charge on any atom is -0.345 e. The minimum atomic E-state index is -0.0108. The van der Waals surface area contributed by atoms with Crippen molar-refractivity contribution in [1.29, 1.82) is 0 Å². The van der Waals surface area contributed by atoms with Crippen molar-refractivity contribution in [3.63, 3.8) is 0 Å². The number of nitrogens with one attached hydrogen (secondary N) is 1. The summed E-state index contributed by atoms with van der Waals surface area (Å²) in [5, 5.41) is 7.19. The van der Waals surface area contributed by atoms with Gasteiger partial charge in [-0.3, -0.25) is 4.79 Å². The predicted molar refractivity (Wildman–Crippen MR) is 122 cm³/mol. The van der Waals surface area contributed by atoms with Crippen molar-refractivity contribution >= 4 is 39.2 Å². The summed E-state index contributed by atoms with van der Waals surface area (Å²) in [6.45, 7) is 2.21. The molecule has 2 aromatic rings. The molecule has 0 bridgehead atoms. The highest BCUT2D eigenvalue weighted by molar-refractivity contribution is 8.16. The molecule has 0 heterocycles. The molecule has 0 saturated heterocycles. The van der Waals surface area contributed by atoms with Crippen LogP contribution in [0.1, 0.15) is 60.1 Å². The van der Waals surface area contributed by atoms with Crippen molar-refractivity contribution in [1.82, 2.24) is 5.32 Å². The summed E-state index contributed by atoms with van der Waals surface area (Å²) < 4.78 is 2.37. The maximum absolute atomic E-state index is 12.8. The van der Waals surface area contributed by atoms with Crippen molar-refractivity contribution in [3.05, 3.63) is 64.2 Å². The standard InChI is InChI=1S/C23H27ClN2OS/c1-3-14-28(20-10-11-20)26(2)19-8-4-16(5-9-19)23(27)25-22-13-6-17-15-18(24)7-12-21(17)22/h4-5,7-9,12,14-15,20,22H,3,6,10-11,13H2,1-2H3,(H,25,27)/t22-,28?/m1/s1. The molecular formula is C23H27ClN2OS. The summed E-state index contributed by atoms with van der Waals surface area (Å²) >= 11 is 6.09. The minimum absolute atomic E-state index is 0.0108. The third kappa shape index (κ3) is 4.13. The van der Waals surface area contributed by atoms with Crippen LogP contribution in [0.4, 0.5) is 5.69 Å². The number of carbonyl (C=O) groups is 1. The molecule has 2 aliphatic rings. The highest BCUT2D eigenvalue weighted by Crippen LogP contribution is 2.43. The average molecular weight is 415 g/mol. The summed E-state index contributed by atoms with van der Waals surface area (Å²) in [6, 6.07) is 14.1. The molecule has 0 aliphatic heterocycles. The second kappa shape index (κ2) is 8.30. The van der Waals surface area contributed by atoms with Gasteiger partial charge in [0.2, 0.25) is 0 Å². The van der Waals surface area contributed by atoms with Gasteiger partial charge in [-0.05, 0) is 85.0 Å². The van der Waals surface area contributed by atoms with Crippen LogP contribution in [0.5, 0.6) is 0 Å². The van der Waals surface area contributed by atoms with Crippen LogP contribution in [0.25, 0.3) is 0 Å². The first-order valence-electron chi connectivity index (χ1n) is 10.0. The van der Waals surface area contributed by atoms with E-state index in [0.29, 0.717) is 5.56 Å². The van der Waals surface area contributed by atoms with E-state index in [1.165, 1.54) is 29.7 Å². The van der Waals surface area contributed by atoms with E-state index in [4.69, 9.17) is 11.6 Å². The Morgan fingerprint density at radius 3 is 2.64 bits per heavy atom. The second-order valence-electron chi connectivity index (χ2n) is 7.57. The van der Waals surface area contributed by atoms with Crippen molar-refractivity contribution in [2.24, 2.45) is 0 Å². The van der Waals surface area contributed by atoms with Crippen LogP contribution in [0.3, 0.4) is 0 Å². The largest absolute Gasteiger partial charge is 0.345 e. The Kier molecular flexibility index (Phi) is 5.79. The third-order valence-electron chi connectivity index (χ3n) is 5.50. The normalized spacial score (nSPS) is 19.3. The number of benzene rings is 2. The summed E-state index contributed by atoms with van der Waals surface area (Å²) in [6.07, 6.45) is 5.65. The van der Waals surface area contributed by atoms with Crippen LogP contribution in [0, 0.1) is 0 Å². The SMILES string of the molecule is CC/C=S(\C1CC1)N(C)c1ccc(C(=O)N[C@@H]2CCc3cc(Cl)ccc32)cc1. The Hall–Kier alpha value is -1.78. The highest BCUT2D eigenvalue weighted by atomic mass is 35.5. The monoisotopic (exact) mass is 414 g/mol. The lowest BCUT2D eigenvalue weighted by atomic mass is 10.1. The molecule has 1 saturated carbocycles. The molecule has 3 nitrogen and oxygen atoms in total. The van der Waals surface area contributed by atoms with Crippen LogP contribution in [0.15, 0.2) is 42.5 Å². The van der Waals surface area contributed by atoms with Gasteiger partial charge in [0, 0.05) is 28.6 Å². The Morgan fingerprint density at radius 2 is 1.96 bits per heavy atom. The molecule has 28 heavy (non-hydrogen) atoms. The predicted octanol–water partition coefficient (Wildman–Crippen LogP) is 5.75. The number of aryl methyl sites for hydroxylation is 1. The molecule has 1 N–H and O–H groups in total. The van der Waals surface area contributed by atoms with E-state index in [9.17, 15) is 4.79 Å². The van der Waals surface area contributed by atoms with Gasteiger partial charge < -0.3 is 9.62 Å². The van der Waals surface area contributed by atoms with E-state index in [1.807, 2.05) is 30.3 Å². The first kappa shape index (κ1) is 19.5. The highest BCUT2D eigenvalue weighted by Gasteiger charge is 2.28. The zero-order valence-corrected chi connectivity index (χ0v) is 18.0. The molecule has 0 radical (unpaired) electrons. The topological polar surface area (TPSA) is 32.3 Å². The molecule has 1 unspecified atom stereocenters. The molecule has 0 spiro atoms. The van der Waals surface area contributed by atoms with Crippen molar-refractivity contribution < 1.29 is 4.79 Å². The summed E-state index contributed by atoms with van der Waals surface area (Å²) in [5.41, 5.74) is 4.33. The van der Waals surface area contributed by atoms with Crippen LogP contribution >= 0.6 is 22.3 Å². The third-order valence-corrected chi connectivity index (χ3v) is 8.41. The molecule has 5 heteroatoms. The maximum Gasteiger partial charge on any atom is 0.251 e. The van der Waals surface area contributed by atoms with Gasteiger partial charge in [-0.1, -0.05) is 35.3 Å². The number of rotatable bonds is 6. The number of hydrogen-bond acceptors (Lipinski definition) is 2. The summed E-state index contributed by atoms with van der Waals surface area (Å²) in [4.78, 5) is 12.8. The molecule has 1 fully saturated rings. The van der Waals surface area contributed by atoms with E-state index < -0.39 is 0 Å². The van der Waals surface area contributed by atoms with E-state index in [2.05, 4.69) is 41.1 Å². The zero-order valence-electron chi connectivity index (χ0n) is 16.5. The number of amides is 1. The molecule has 2 aromatic carbocycles. The van der Waals surface area contributed by atoms with Gasteiger partial charge in [-0.2, -0.15) is 0 Å².